The third kappa shape index (κ3) is 63.2. The van der Waals surface area contributed by atoms with E-state index in [-0.39, 0.29) is 31.1 Å². The Kier molecular flexibility index (Phi) is 62.7. The van der Waals surface area contributed by atoms with Crippen molar-refractivity contribution in [1.82, 2.24) is 0 Å². The van der Waals surface area contributed by atoms with E-state index in [1.165, 1.54) is 173 Å². The Morgan fingerprint density at radius 3 is 0.808 bits per heavy atom. The number of unbranched alkanes of at least 4 members (excludes halogenated alkanes) is 33. The van der Waals surface area contributed by atoms with Gasteiger partial charge in [0.2, 0.25) is 0 Å². The topological polar surface area (TPSA) is 78.9 Å². The lowest BCUT2D eigenvalue weighted by molar-refractivity contribution is -0.167. The van der Waals surface area contributed by atoms with E-state index in [0.717, 1.165) is 109 Å². The number of rotatable bonds is 60. The van der Waals surface area contributed by atoms with Gasteiger partial charge in [-0.2, -0.15) is 0 Å². The molecule has 0 fully saturated rings. The monoisotopic (exact) mass is 1080 g/mol. The van der Waals surface area contributed by atoms with Gasteiger partial charge >= 0.3 is 17.9 Å². The minimum absolute atomic E-state index is 0.0785. The lowest BCUT2D eigenvalue weighted by atomic mass is 10.0. The maximum absolute atomic E-state index is 12.9. The van der Waals surface area contributed by atoms with Gasteiger partial charge in [0, 0.05) is 19.3 Å². The highest BCUT2D eigenvalue weighted by Crippen LogP contribution is 2.17. The first kappa shape index (κ1) is 74.3. The number of ether oxygens (including phenoxy) is 3. The van der Waals surface area contributed by atoms with Crippen LogP contribution in [0.15, 0.2) is 97.2 Å². The standard InChI is InChI=1S/C72H124O6/c1-4-7-10-13-16-19-22-25-28-30-31-32-33-34-35-36-37-38-39-40-41-43-44-47-50-53-56-59-62-65-71(74)77-68-69(67-76-70(73)64-61-58-55-52-49-46-27-24-21-18-15-12-9-6-3)78-72(75)66-63-60-57-54-51-48-45-42-29-26-23-20-17-14-11-8-5-2/h7,10,16-17,19-20,25-26,28-29,31-32,34-35,37-38,69H,4-6,8-9,11-15,18,21-24,27,30,33,36,39-68H2,1-3H3/b10-7-,19-16-,20-17-,28-25-,29-26-,32-31-,35-34-,38-37-. The van der Waals surface area contributed by atoms with Gasteiger partial charge in [0.15, 0.2) is 6.10 Å². The van der Waals surface area contributed by atoms with Gasteiger partial charge in [-0.1, -0.05) is 298 Å². The van der Waals surface area contributed by atoms with Crippen molar-refractivity contribution in [2.45, 2.75) is 329 Å². The van der Waals surface area contributed by atoms with Crippen LogP contribution in [-0.2, 0) is 28.6 Å². The largest absolute Gasteiger partial charge is 0.462 e. The number of hydrogen-bond acceptors (Lipinski definition) is 6. The fourth-order valence-electron chi connectivity index (χ4n) is 9.36. The molecule has 6 heteroatoms. The summed E-state index contributed by atoms with van der Waals surface area (Å²) in [5, 5.41) is 0. The van der Waals surface area contributed by atoms with Crippen molar-refractivity contribution >= 4 is 17.9 Å². The van der Waals surface area contributed by atoms with Gasteiger partial charge in [-0.25, -0.2) is 0 Å². The average molecular weight is 1090 g/mol. The normalized spacial score (nSPS) is 12.7. The Labute approximate surface area is 483 Å². The fourth-order valence-corrected chi connectivity index (χ4v) is 9.36. The molecule has 0 radical (unpaired) electrons. The maximum atomic E-state index is 12.9. The van der Waals surface area contributed by atoms with Gasteiger partial charge in [-0.05, 0) is 103 Å². The van der Waals surface area contributed by atoms with Crippen LogP contribution in [0.5, 0.6) is 0 Å². The summed E-state index contributed by atoms with van der Waals surface area (Å²) in [5.74, 6) is -0.878. The molecule has 0 aromatic carbocycles. The van der Waals surface area contributed by atoms with Crippen LogP contribution in [0.1, 0.15) is 323 Å². The average Bonchev–Trinajstić information content (AvgIpc) is 3.44. The van der Waals surface area contributed by atoms with Crippen molar-refractivity contribution in [1.29, 1.82) is 0 Å². The van der Waals surface area contributed by atoms with Crippen LogP contribution in [0.25, 0.3) is 0 Å². The number of esters is 3. The zero-order valence-corrected chi connectivity index (χ0v) is 51.4. The third-order valence-electron chi connectivity index (χ3n) is 14.3. The molecule has 78 heavy (non-hydrogen) atoms. The number of hydrogen-bond donors (Lipinski definition) is 0. The fraction of sp³-hybridized carbons (Fsp3) is 0.736. The Hall–Kier alpha value is -3.67. The Balaban J connectivity index is 4.30. The molecule has 0 saturated carbocycles. The molecular weight excluding hydrogens is 961 g/mol. The molecule has 1 atom stereocenters. The lowest BCUT2D eigenvalue weighted by Crippen LogP contribution is -2.30. The number of carbonyl (C=O) groups excluding carboxylic acids is 3. The molecule has 0 amide bonds. The Morgan fingerprint density at radius 2 is 0.500 bits per heavy atom. The second-order valence-corrected chi connectivity index (χ2v) is 22.0. The van der Waals surface area contributed by atoms with Crippen molar-refractivity contribution in [3.63, 3.8) is 0 Å². The molecule has 0 aromatic heterocycles. The quantitative estimate of drug-likeness (QED) is 0.0261. The van der Waals surface area contributed by atoms with Crippen LogP contribution >= 0.6 is 0 Å². The van der Waals surface area contributed by atoms with Crippen molar-refractivity contribution in [2.24, 2.45) is 0 Å². The van der Waals surface area contributed by atoms with E-state index < -0.39 is 6.10 Å². The Bertz CT molecular complexity index is 1530. The minimum atomic E-state index is -0.783. The highest BCUT2D eigenvalue weighted by molar-refractivity contribution is 5.71. The predicted octanol–water partition coefficient (Wildman–Crippen LogP) is 22.8. The van der Waals surface area contributed by atoms with Crippen LogP contribution in [0.4, 0.5) is 0 Å². The molecule has 0 saturated heterocycles. The molecule has 448 valence electrons. The van der Waals surface area contributed by atoms with E-state index in [1.807, 2.05) is 0 Å². The first-order valence-corrected chi connectivity index (χ1v) is 33.2. The lowest BCUT2D eigenvalue weighted by Gasteiger charge is -2.18. The molecule has 0 aliphatic carbocycles. The smallest absolute Gasteiger partial charge is 0.306 e. The van der Waals surface area contributed by atoms with E-state index in [4.69, 9.17) is 14.2 Å². The summed E-state index contributed by atoms with van der Waals surface area (Å²) in [4.78, 5) is 38.3. The second-order valence-electron chi connectivity index (χ2n) is 22.0. The van der Waals surface area contributed by atoms with Crippen molar-refractivity contribution < 1.29 is 28.6 Å². The second kappa shape index (κ2) is 65.8. The molecule has 0 N–H and O–H groups in total. The number of carbonyl (C=O) groups is 3. The first-order chi connectivity index (χ1) is 38.5. The van der Waals surface area contributed by atoms with E-state index >= 15 is 0 Å². The van der Waals surface area contributed by atoms with E-state index in [9.17, 15) is 14.4 Å². The van der Waals surface area contributed by atoms with Gasteiger partial charge in [-0.15, -0.1) is 0 Å². The molecule has 0 spiro atoms. The van der Waals surface area contributed by atoms with Gasteiger partial charge in [-0.3, -0.25) is 14.4 Å². The zero-order chi connectivity index (χ0) is 56.4. The zero-order valence-electron chi connectivity index (χ0n) is 51.4. The summed E-state index contributed by atoms with van der Waals surface area (Å²) in [5.41, 5.74) is 0. The van der Waals surface area contributed by atoms with Crippen LogP contribution in [0.2, 0.25) is 0 Å². The van der Waals surface area contributed by atoms with E-state index in [0.29, 0.717) is 19.3 Å². The first-order valence-electron chi connectivity index (χ1n) is 33.2. The molecule has 0 heterocycles. The summed E-state index contributed by atoms with van der Waals surface area (Å²) >= 11 is 0. The predicted molar refractivity (Wildman–Crippen MR) is 339 cm³/mol. The summed E-state index contributed by atoms with van der Waals surface area (Å²) in [7, 11) is 0. The maximum Gasteiger partial charge on any atom is 0.306 e. The summed E-state index contributed by atoms with van der Waals surface area (Å²) in [6.45, 7) is 6.52. The highest BCUT2D eigenvalue weighted by atomic mass is 16.6. The molecule has 0 aromatic rings. The summed E-state index contributed by atoms with van der Waals surface area (Å²) in [6, 6.07) is 0. The SMILES string of the molecule is CC/C=C\C/C=C\C/C=C\C/C=C\C/C=C\C/C=C\CCCCCCCCCCCCC(=O)OCC(COC(=O)CCCCCCCCCCCCCCCC)OC(=O)CCCCCCCCC/C=C\C/C=C\CCCCC. The third-order valence-corrected chi connectivity index (χ3v) is 14.3. The minimum Gasteiger partial charge on any atom is -0.462 e. The van der Waals surface area contributed by atoms with Crippen molar-refractivity contribution in [3.8, 4) is 0 Å². The van der Waals surface area contributed by atoms with Crippen LogP contribution in [-0.4, -0.2) is 37.2 Å². The molecule has 1 unspecified atom stereocenters. The van der Waals surface area contributed by atoms with Crippen LogP contribution < -0.4 is 0 Å². The van der Waals surface area contributed by atoms with Crippen LogP contribution in [0.3, 0.4) is 0 Å². The van der Waals surface area contributed by atoms with Crippen LogP contribution in [0, 0.1) is 0 Å². The molecule has 6 nitrogen and oxygen atoms in total. The van der Waals surface area contributed by atoms with Gasteiger partial charge < -0.3 is 14.2 Å². The number of allylic oxidation sites excluding steroid dienone is 16. The van der Waals surface area contributed by atoms with Gasteiger partial charge in [0.05, 0.1) is 0 Å². The van der Waals surface area contributed by atoms with Crippen molar-refractivity contribution in [3.05, 3.63) is 97.2 Å². The van der Waals surface area contributed by atoms with Gasteiger partial charge in [0.1, 0.15) is 13.2 Å². The molecule has 0 bridgehead atoms. The van der Waals surface area contributed by atoms with E-state index in [1.54, 1.807) is 0 Å². The van der Waals surface area contributed by atoms with E-state index in [2.05, 4.69) is 118 Å². The molecule has 0 rings (SSSR count). The highest BCUT2D eigenvalue weighted by Gasteiger charge is 2.19. The summed E-state index contributed by atoms with van der Waals surface area (Å²) in [6.07, 6.45) is 88.4. The Morgan fingerprint density at radius 1 is 0.269 bits per heavy atom. The summed E-state index contributed by atoms with van der Waals surface area (Å²) < 4.78 is 16.9. The van der Waals surface area contributed by atoms with Crippen molar-refractivity contribution in [2.75, 3.05) is 13.2 Å². The molecule has 0 aliphatic heterocycles. The van der Waals surface area contributed by atoms with Gasteiger partial charge in [0.25, 0.3) is 0 Å². The molecular formula is C72H124O6. The molecule has 0 aliphatic rings.